The van der Waals surface area contributed by atoms with Crippen LogP contribution >= 0.6 is 0 Å². The minimum Gasteiger partial charge on any atom is -0.504 e. The van der Waals surface area contributed by atoms with E-state index < -0.39 is 34.6 Å². The number of aromatic nitrogens is 8. The molecule has 0 spiro atoms. The van der Waals surface area contributed by atoms with Gasteiger partial charge < -0.3 is 9.84 Å². The second-order valence-electron chi connectivity index (χ2n) is 11.9. The average molecular weight is 743 g/mol. The highest BCUT2D eigenvalue weighted by atomic mass is 19.4. The molecule has 0 aliphatic heterocycles. The number of alkyl halides is 6. The molecular formula is C35H32F6N8O4. The number of hydrogen-bond acceptors (Lipinski definition) is 8. The lowest BCUT2D eigenvalue weighted by Crippen LogP contribution is -2.27. The average Bonchev–Trinajstić information content (AvgIpc) is 3.67. The molecule has 6 rings (SSSR count). The summed E-state index contributed by atoms with van der Waals surface area (Å²) in [5, 5.41) is 26.9. The zero-order valence-electron chi connectivity index (χ0n) is 29.3. The van der Waals surface area contributed by atoms with E-state index in [1.54, 1.807) is 39.8 Å². The number of nitrogens with zero attached hydrogens (tertiary/aromatic N) is 8. The summed E-state index contributed by atoms with van der Waals surface area (Å²) in [5.74, 6) is 0.00142. The maximum Gasteiger partial charge on any atom is 0.416 e. The second-order valence-corrected chi connectivity index (χ2v) is 11.9. The van der Waals surface area contributed by atoms with Crippen LogP contribution in [-0.2, 0) is 26.4 Å². The van der Waals surface area contributed by atoms with Crippen LogP contribution in [0, 0.1) is 27.7 Å². The summed E-state index contributed by atoms with van der Waals surface area (Å²) in [7, 11) is 4.41. The number of halogens is 6. The van der Waals surface area contributed by atoms with Crippen molar-refractivity contribution in [2.24, 2.45) is 14.1 Å². The topological polar surface area (TPSA) is 135 Å². The van der Waals surface area contributed by atoms with E-state index in [1.807, 2.05) is 0 Å². The zero-order valence-corrected chi connectivity index (χ0v) is 29.3. The molecule has 4 heterocycles. The quantitative estimate of drug-likeness (QED) is 0.205. The van der Waals surface area contributed by atoms with Crippen molar-refractivity contribution >= 4 is 0 Å². The SMILES string of the molecule is COc1c(C)nn(C)c(=O)c1-n1nc(-c2ccc(C(F)(F)F)cc2)cc1C.Cc1nn(C)c(=O)c(-n2nc(-c3ccc(C(F)(F)F)cc3)cc2C)c1O. The van der Waals surface area contributed by atoms with Gasteiger partial charge in [-0.05, 0) is 64.1 Å². The summed E-state index contributed by atoms with van der Waals surface area (Å²) in [6, 6.07) is 12.6. The van der Waals surface area contributed by atoms with Crippen molar-refractivity contribution in [1.29, 1.82) is 0 Å². The molecule has 1 N–H and O–H groups in total. The predicted molar refractivity (Wildman–Crippen MR) is 181 cm³/mol. The van der Waals surface area contributed by atoms with Crippen LogP contribution in [0.4, 0.5) is 26.3 Å². The Morgan fingerprint density at radius 1 is 0.604 bits per heavy atom. The first-order chi connectivity index (χ1) is 24.7. The molecule has 0 atom stereocenters. The van der Waals surface area contributed by atoms with Crippen LogP contribution in [0.5, 0.6) is 11.5 Å². The third-order valence-corrected chi connectivity index (χ3v) is 8.12. The Balaban J connectivity index is 0.000000204. The fourth-order valence-corrected chi connectivity index (χ4v) is 5.45. The summed E-state index contributed by atoms with van der Waals surface area (Å²) >= 11 is 0. The van der Waals surface area contributed by atoms with Crippen LogP contribution in [-0.4, -0.2) is 51.3 Å². The second kappa shape index (κ2) is 14.1. The van der Waals surface area contributed by atoms with E-state index in [9.17, 15) is 41.0 Å². The van der Waals surface area contributed by atoms with Crippen LogP contribution in [0.3, 0.4) is 0 Å². The number of aromatic hydroxyl groups is 1. The summed E-state index contributed by atoms with van der Waals surface area (Å²) in [6.07, 6.45) is -8.82. The van der Waals surface area contributed by atoms with Gasteiger partial charge in [0.15, 0.2) is 22.9 Å². The molecule has 12 nitrogen and oxygen atoms in total. The Morgan fingerprint density at radius 2 is 0.981 bits per heavy atom. The number of ether oxygens (including phenoxy) is 1. The van der Waals surface area contributed by atoms with Gasteiger partial charge in [0.1, 0.15) is 11.4 Å². The monoisotopic (exact) mass is 742 g/mol. The maximum atomic E-state index is 12.7. The molecule has 0 radical (unpaired) electrons. The van der Waals surface area contributed by atoms with Crippen LogP contribution in [0.2, 0.25) is 0 Å². The van der Waals surface area contributed by atoms with Crippen molar-refractivity contribution < 1.29 is 36.2 Å². The van der Waals surface area contributed by atoms with Crippen molar-refractivity contribution in [3.8, 4) is 45.4 Å². The van der Waals surface area contributed by atoms with Gasteiger partial charge in [-0.1, -0.05) is 24.3 Å². The van der Waals surface area contributed by atoms with Crippen molar-refractivity contribution in [2.75, 3.05) is 7.11 Å². The van der Waals surface area contributed by atoms with E-state index in [-0.39, 0.29) is 22.8 Å². The van der Waals surface area contributed by atoms with Crippen molar-refractivity contribution in [1.82, 2.24) is 39.1 Å². The summed E-state index contributed by atoms with van der Waals surface area (Å²) in [6.45, 7) is 6.68. The number of methoxy groups -OCH3 is 1. The lowest BCUT2D eigenvalue weighted by atomic mass is 10.1. The Bertz CT molecular complexity index is 2420. The molecule has 6 aromatic rings. The molecule has 4 aromatic heterocycles. The maximum absolute atomic E-state index is 12.7. The first kappa shape index (κ1) is 38.0. The third-order valence-electron chi connectivity index (χ3n) is 8.12. The molecular weight excluding hydrogens is 710 g/mol. The van der Waals surface area contributed by atoms with E-state index in [1.165, 1.54) is 59.5 Å². The van der Waals surface area contributed by atoms with Gasteiger partial charge in [-0.25, -0.2) is 18.7 Å². The van der Waals surface area contributed by atoms with Gasteiger partial charge >= 0.3 is 12.4 Å². The van der Waals surface area contributed by atoms with Crippen LogP contribution in [0.1, 0.15) is 33.9 Å². The largest absolute Gasteiger partial charge is 0.504 e. The Kier molecular flexibility index (Phi) is 10.1. The minimum absolute atomic E-state index is 0.0596. The lowest BCUT2D eigenvalue weighted by molar-refractivity contribution is -0.138. The fraction of sp³-hybridized carbons (Fsp3) is 0.257. The fourth-order valence-electron chi connectivity index (χ4n) is 5.45. The van der Waals surface area contributed by atoms with E-state index in [0.717, 1.165) is 28.9 Å². The van der Waals surface area contributed by atoms with Gasteiger partial charge in [-0.3, -0.25) is 9.59 Å². The molecule has 0 aliphatic rings. The molecule has 2 aromatic carbocycles. The molecule has 278 valence electrons. The lowest BCUT2D eigenvalue weighted by Gasteiger charge is -2.12. The van der Waals surface area contributed by atoms with Crippen LogP contribution in [0.25, 0.3) is 33.9 Å². The van der Waals surface area contributed by atoms with Gasteiger partial charge in [-0.15, -0.1) is 0 Å². The molecule has 0 aliphatic carbocycles. The van der Waals surface area contributed by atoms with Gasteiger partial charge in [0.05, 0.1) is 29.6 Å². The highest BCUT2D eigenvalue weighted by molar-refractivity contribution is 5.62. The molecule has 18 heteroatoms. The first-order valence-electron chi connectivity index (χ1n) is 15.6. The normalized spacial score (nSPS) is 11.7. The molecule has 0 saturated carbocycles. The highest BCUT2D eigenvalue weighted by Gasteiger charge is 2.31. The molecule has 0 saturated heterocycles. The van der Waals surface area contributed by atoms with E-state index >= 15 is 0 Å². The summed E-state index contributed by atoms with van der Waals surface area (Å²) in [5.41, 5.74) is 1.44. The van der Waals surface area contributed by atoms with Crippen LogP contribution < -0.4 is 15.9 Å². The summed E-state index contributed by atoms with van der Waals surface area (Å²) < 4.78 is 86.6. The van der Waals surface area contributed by atoms with Crippen molar-refractivity contribution in [3.63, 3.8) is 0 Å². The number of rotatable bonds is 5. The first-order valence-corrected chi connectivity index (χ1v) is 15.6. The van der Waals surface area contributed by atoms with E-state index in [0.29, 0.717) is 45.3 Å². The van der Waals surface area contributed by atoms with Gasteiger partial charge in [0.2, 0.25) is 0 Å². The van der Waals surface area contributed by atoms with Gasteiger partial charge in [0, 0.05) is 36.6 Å². The third kappa shape index (κ3) is 7.56. The minimum atomic E-state index is -4.42. The number of benzene rings is 2. The smallest absolute Gasteiger partial charge is 0.416 e. The van der Waals surface area contributed by atoms with Crippen molar-refractivity contribution in [3.05, 3.63) is 115 Å². The van der Waals surface area contributed by atoms with Gasteiger partial charge in [0.25, 0.3) is 11.1 Å². The molecule has 0 amide bonds. The number of hydrogen-bond donors (Lipinski definition) is 1. The Morgan fingerprint density at radius 3 is 1.38 bits per heavy atom. The Hall–Kier alpha value is -6.20. The van der Waals surface area contributed by atoms with Crippen LogP contribution in [0.15, 0.2) is 70.3 Å². The Labute approximate surface area is 297 Å². The van der Waals surface area contributed by atoms with E-state index in [4.69, 9.17) is 4.74 Å². The standard InChI is InChI=1S/C18H17F3N4O2.C17H15F3N4O2/c1-10-9-14(12-5-7-13(8-6-12)18(19,20)21)23-25(10)15-16(27-4)11(2)22-24(3)17(15)26;1-9-8-13(11-4-6-12(7-5-11)17(18,19)20)22-24(9)14-15(25)10(2)21-23(3)16(14)26/h5-9H,1-4H3;4-8,25H,1-3H3. The molecule has 0 bridgehead atoms. The number of aryl methyl sites for hydroxylation is 6. The predicted octanol–water partition coefficient (Wildman–Crippen LogP) is 6.25. The van der Waals surface area contributed by atoms with Gasteiger partial charge in [-0.2, -0.15) is 46.7 Å². The highest BCUT2D eigenvalue weighted by Crippen LogP contribution is 2.33. The molecule has 53 heavy (non-hydrogen) atoms. The molecule has 0 fully saturated rings. The zero-order chi connectivity index (χ0) is 39.2. The van der Waals surface area contributed by atoms with Crippen molar-refractivity contribution in [2.45, 2.75) is 40.0 Å². The molecule has 0 unspecified atom stereocenters. The van der Waals surface area contributed by atoms with E-state index in [2.05, 4.69) is 20.4 Å². The summed E-state index contributed by atoms with van der Waals surface area (Å²) in [4.78, 5) is 24.9.